The number of benzene rings is 2. The van der Waals surface area contributed by atoms with Crippen molar-refractivity contribution in [1.29, 1.82) is 0 Å². The van der Waals surface area contributed by atoms with Crippen molar-refractivity contribution in [3.63, 3.8) is 0 Å². The Kier molecular flexibility index (Phi) is 6.69. The van der Waals surface area contributed by atoms with Gasteiger partial charge in [-0.25, -0.2) is 0 Å². The molecule has 2 aromatic heterocycles. The highest BCUT2D eigenvalue weighted by molar-refractivity contribution is 9.10. The highest BCUT2D eigenvalue weighted by Gasteiger charge is 2.29. The fraction of sp³-hybridized carbons (Fsp3) is 0.208. The summed E-state index contributed by atoms with van der Waals surface area (Å²) < 4.78 is 13.2. The van der Waals surface area contributed by atoms with E-state index in [0.717, 1.165) is 34.3 Å². The molecule has 0 saturated carbocycles. The highest BCUT2D eigenvalue weighted by atomic mass is 79.9. The van der Waals surface area contributed by atoms with E-state index >= 15 is 0 Å². The lowest BCUT2D eigenvalue weighted by Crippen LogP contribution is -2.16. The average Bonchev–Trinajstić information content (AvgIpc) is 3.29. The van der Waals surface area contributed by atoms with Gasteiger partial charge < -0.3 is 14.5 Å². The summed E-state index contributed by atoms with van der Waals surface area (Å²) in [6.07, 6.45) is 1.39. The van der Waals surface area contributed by atoms with Crippen molar-refractivity contribution in [2.24, 2.45) is 0 Å². The van der Waals surface area contributed by atoms with Gasteiger partial charge in [-0.05, 0) is 42.8 Å². The van der Waals surface area contributed by atoms with Crippen molar-refractivity contribution >= 4 is 39.1 Å². The first-order valence-electron chi connectivity index (χ1n) is 11.0. The fourth-order valence-corrected chi connectivity index (χ4v) is 4.87. The van der Waals surface area contributed by atoms with Crippen LogP contribution in [0.1, 0.15) is 31.8 Å². The van der Waals surface area contributed by atoms with Gasteiger partial charge >= 0.3 is 0 Å². The summed E-state index contributed by atoms with van der Waals surface area (Å²) in [5.41, 5.74) is 2.42. The quantitative estimate of drug-likeness (QED) is 0.113. The second kappa shape index (κ2) is 10.0. The summed E-state index contributed by atoms with van der Waals surface area (Å²) in [6.45, 7) is 2.13. The molecule has 178 valence electrons. The fourth-order valence-electron chi connectivity index (χ4n) is 3.65. The van der Waals surface area contributed by atoms with Crippen LogP contribution in [0.25, 0.3) is 22.6 Å². The van der Waals surface area contributed by atoms with Crippen LogP contribution in [-0.2, 0) is 0 Å². The Morgan fingerprint density at radius 2 is 2.00 bits per heavy atom. The summed E-state index contributed by atoms with van der Waals surface area (Å²) in [6, 6.07) is 15.6. The average molecular weight is 554 g/mol. The van der Waals surface area contributed by atoms with E-state index in [1.807, 2.05) is 18.2 Å². The highest BCUT2D eigenvalue weighted by Crippen LogP contribution is 2.42. The molecule has 0 spiro atoms. The first-order chi connectivity index (χ1) is 17.0. The minimum absolute atomic E-state index is 0.0330. The number of furan rings is 1. The third-order valence-electron chi connectivity index (χ3n) is 5.37. The molecule has 1 atom stereocenters. The van der Waals surface area contributed by atoms with Gasteiger partial charge in [0.25, 0.3) is 5.69 Å². The Bertz CT molecular complexity index is 1400. The molecule has 0 saturated heterocycles. The van der Waals surface area contributed by atoms with Crippen LogP contribution in [0.3, 0.4) is 0 Å². The first kappa shape index (κ1) is 23.3. The molecule has 1 aliphatic rings. The molecule has 9 nitrogen and oxygen atoms in total. The maximum atomic E-state index is 11.5. The minimum atomic E-state index is -0.738. The number of rotatable bonds is 7. The molecule has 0 radical (unpaired) electrons. The normalized spacial score (nSPS) is 14.3. The van der Waals surface area contributed by atoms with Crippen molar-refractivity contribution in [3.8, 4) is 28.5 Å². The summed E-state index contributed by atoms with van der Waals surface area (Å²) in [5, 5.41) is 24.1. The zero-order chi connectivity index (χ0) is 24.4. The molecule has 5 rings (SSSR count). The molecule has 4 aromatic rings. The van der Waals surface area contributed by atoms with Crippen molar-refractivity contribution in [2.45, 2.75) is 31.1 Å². The molecule has 0 amide bonds. The minimum Gasteiger partial charge on any atom is -0.455 e. The number of hydrogen-bond donors (Lipinski definition) is 1. The van der Waals surface area contributed by atoms with Crippen molar-refractivity contribution in [2.75, 3.05) is 11.1 Å². The predicted octanol–water partition coefficient (Wildman–Crippen LogP) is 6.86. The number of aromatic nitrogens is 3. The molecular formula is C24H20BrN5O4S. The Labute approximate surface area is 213 Å². The van der Waals surface area contributed by atoms with E-state index in [0.29, 0.717) is 33.8 Å². The number of nitrogens with one attached hydrogen (secondary N) is 1. The Balaban J connectivity index is 1.53. The van der Waals surface area contributed by atoms with E-state index in [4.69, 9.17) is 9.15 Å². The summed E-state index contributed by atoms with van der Waals surface area (Å²) >= 11 is 5.05. The number of thioether (sulfide) groups is 1. The second-order valence-electron chi connectivity index (χ2n) is 7.76. The molecule has 2 aromatic carbocycles. The summed E-state index contributed by atoms with van der Waals surface area (Å²) in [7, 11) is 0. The molecule has 1 aliphatic heterocycles. The molecule has 1 N–H and O–H groups in total. The first-order valence-corrected chi connectivity index (χ1v) is 12.8. The predicted molar refractivity (Wildman–Crippen MR) is 136 cm³/mol. The van der Waals surface area contributed by atoms with Crippen LogP contribution >= 0.6 is 27.7 Å². The summed E-state index contributed by atoms with van der Waals surface area (Å²) in [4.78, 5) is 15.7. The SMILES string of the molecule is CCCCSc1nnc2c(n1)O[C@@H](c1ccc(-c3ccccc3[N+](=O)[O-])o1)Nc1ccc(Br)cc1-2. The van der Waals surface area contributed by atoms with E-state index in [9.17, 15) is 10.1 Å². The van der Waals surface area contributed by atoms with Crippen molar-refractivity contribution < 1.29 is 14.1 Å². The lowest BCUT2D eigenvalue weighted by Gasteiger charge is -2.16. The maximum absolute atomic E-state index is 11.5. The van der Waals surface area contributed by atoms with E-state index in [1.165, 1.54) is 17.8 Å². The van der Waals surface area contributed by atoms with E-state index < -0.39 is 11.2 Å². The van der Waals surface area contributed by atoms with E-state index in [2.05, 4.69) is 43.4 Å². The molecule has 3 heterocycles. The lowest BCUT2D eigenvalue weighted by molar-refractivity contribution is -0.384. The smallest absolute Gasteiger partial charge is 0.280 e. The molecular weight excluding hydrogens is 534 g/mol. The zero-order valence-electron chi connectivity index (χ0n) is 18.6. The standard InChI is InChI=1S/C24H20BrN5O4S/c1-2-3-12-35-24-27-23-21(28-29-24)16-13-14(25)8-9-17(16)26-22(34-23)20-11-10-19(33-20)15-6-4-5-7-18(15)30(31)32/h4-11,13,22,26H,2-3,12H2,1H3/t22-/m0/s1. The van der Waals surface area contributed by atoms with Gasteiger partial charge in [0.05, 0.1) is 10.5 Å². The van der Waals surface area contributed by atoms with E-state index in [1.54, 1.807) is 30.3 Å². The zero-order valence-corrected chi connectivity index (χ0v) is 21.0. The van der Waals surface area contributed by atoms with Crippen LogP contribution in [-0.4, -0.2) is 25.9 Å². The third kappa shape index (κ3) is 4.87. The molecule has 0 aliphatic carbocycles. The number of halogens is 1. The number of hydrogen-bond acceptors (Lipinski definition) is 9. The number of nitrogens with zero attached hydrogens (tertiary/aromatic N) is 4. The van der Waals surface area contributed by atoms with Crippen LogP contribution in [0.4, 0.5) is 11.4 Å². The Morgan fingerprint density at radius 3 is 2.83 bits per heavy atom. The van der Waals surface area contributed by atoms with Gasteiger partial charge in [0, 0.05) is 27.5 Å². The van der Waals surface area contributed by atoms with Crippen LogP contribution in [0.15, 0.2) is 68.6 Å². The van der Waals surface area contributed by atoms with Crippen molar-refractivity contribution in [3.05, 3.63) is 74.9 Å². The lowest BCUT2D eigenvalue weighted by atomic mass is 10.1. The van der Waals surface area contributed by atoms with Gasteiger partial charge in [0.1, 0.15) is 5.76 Å². The number of para-hydroxylation sites is 1. The molecule has 0 fully saturated rings. The Hall–Kier alpha value is -3.44. The van der Waals surface area contributed by atoms with Crippen LogP contribution < -0.4 is 10.1 Å². The monoisotopic (exact) mass is 553 g/mol. The van der Waals surface area contributed by atoms with Gasteiger partial charge in [-0.15, -0.1) is 10.2 Å². The van der Waals surface area contributed by atoms with Crippen molar-refractivity contribution in [1.82, 2.24) is 15.2 Å². The van der Waals surface area contributed by atoms with Gasteiger partial charge in [0.2, 0.25) is 17.3 Å². The van der Waals surface area contributed by atoms with Gasteiger partial charge in [0.15, 0.2) is 11.5 Å². The molecule has 35 heavy (non-hydrogen) atoms. The molecule has 0 unspecified atom stereocenters. The number of nitro benzene ring substituents is 1. The van der Waals surface area contributed by atoms with Crippen LogP contribution in [0.2, 0.25) is 0 Å². The number of unbranched alkanes of at least 4 members (excludes halogenated alkanes) is 1. The van der Waals surface area contributed by atoms with Gasteiger partial charge in [-0.2, -0.15) is 4.98 Å². The number of ether oxygens (including phenoxy) is 1. The largest absolute Gasteiger partial charge is 0.455 e. The van der Waals surface area contributed by atoms with E-state index in [-0.39, 0.29) is 5.69 Å². The number of anilines is 1. The van der Waals surface area contributed by atoms with Crippen LogP contribution in [0.5, 0.6) is 5.88 Å². The van der Waals surface area contributed by atoms with Gasteiger partial charge in [-0.3, -0.25) is 10.1 Å². The molecule has 0 bridgehead atoms. The van der Waals surface area contributed by atoms with Gasteiger partial charge in [-0.1, -0.05) is 53.2 Å². The number of fused-ring (bicyclic) bond motifs is 3. The second-order valence-corrected chi connectivity index (χ2v) is 9.74. The third-order valence-corrected chi connectivity index (χ3v) is 6.79. The molecule has 11 heteroatoms. The number of nitro groups is 1. The summed E-state index contributed by atoms with van der Waals surface area (Å²) in [5.74, 6) is 2.03. The topological polar surface area (TPSA) is 116 Å². The maximum Gasteiger partial charge on any atom is 0.280 e. The van der Waals surface area contributed by atoms with Crippen LogP contribution in [0, 0.1) is 10.1 Å². The Morgan fingerprint density at radius 1 is 1.14 bits per heavy atom.